The fraction of sp³-hybridized carbons (Fsp3) is 0.364. The molecule has 0 bridgehead atoms. The number of hydrogen-bond donors (Lipinski definition) is 1. The van der Waals surface area contributed by atoms with Gasteiger partial charge < -0.3 is 9.72 Å². The molecule has 0 radical (unpaired) electrons. The van der Waals surface area contributed by atoms with Crippen LogP contribution in [0.1, 0.15) is 43.0 Å². The predicted molar refractivity (Wildman–Crippen MR) is 105 cm³/mol. The molecule has 0 unspecified atom stereocenters. The first-order valence-electron chi connectivity index (χ1n) is 9.95. The lowest BCUT2D eigenvalue weighted by atomic mass is 9.78. The van der Waals surface area contributed by atoms with Crippen LogP contribution in [0.5, 0.6) is 0 Å². The lowest BCUT2D eigenvalue weighted by Gasteiger charge is -2.34. The van der Waals surface area contributed by atoms with Gasteiger partial charge in [0.2, 0.25) is 0 Å². The Labute approximate surface area is 170 Å². The highest BCUT2D eigenvalue weighted by molar-refractivity contribution is 5.90. The van der Waals surface area contributed by atoms with Crippen molar-refractivity contribution in [3.63, 3.8) is 0 Å². The number of imidazole rings is 1. The number of ether oxygens (including phenoxy) is 1. The smallest absolute Gasteiger partial charge is 0.416 e. The Balaban J connectivity index is 1.31. The van der Waals surface area contributed by atoms with E-state index < -0.39 is 17.3 Å². The topological polar surface area (TPSA) is 58.2 Å². The van der Waals surface area contributed by atoms with Gasteiger partial charge >= 0.3 is 12.3 Å². The zero-order chi connectivity index (χ0) is 20.9. The summed E-state index contributed by atoms with van der Waals surface area (Å²) >= 11 is 0. The minimum Gasteiger partial charge on any atom is -0.441 e. The van der Waals surface area contributed by atoms with Gasteiger partial charge in [0.25, 0.3) is 0 Å². The summed E-state index contributed by atoms with van der Waals surface area (Å²) in [6, 6.07) is 13.0. The normalized spacial score (nSPS) is 24.6. The van der Waals surface area contributed by atoms with E-state index in [0.717, 1.165) is 30.7 Å². The maximum absolute atomic E-state index is 12.9. The molecule has 5 rings (SSSR count). The van der Waals surface area contributed by atoms with Crippen molar-refractivity contribution < 1.29 is 22.7 Å². The third-order valence-corrected chi connectivity index (χ3v) is 6.15. The molecule has 1 N–H and O–H groups in total. The number of fused-ring (bicyclic) bond motifs is 1. The van der Waals surface area contributed by atoms with Crippen LogP contribution in [0.15, 0.2) is 48.5 Å². The lowest BCUT2D eigenvalue weighted by Crippen LogP contribution is -2.38. The number of halogens is 3. The zero-order valence-corrected chi connectivity index (χ0v) is 16.1. The summed E-state index contributed by atoms with van der Waals surface area (Å²) in [5.74, 6) is 0.797. The Morgan fingerprint density at radius 1 is 1.10 bits per heavy atom. The summed E-state index contributed by atoms with van der Waals surface area (Å²) < 4.78 is 44.6. The molecule has 1 amide bonds. The lowest BCUT2D eigenvalue weighted by molar-refractivity contribution is -0.137. The van der Waals surface area contributed by atoms with Crippen molar-refractivity contribution in [1.29, 1.82) is 0 Å². The van der Waals surface area contributed by atoms with Crippen LogP contribution in [0, 0.1) is 0 Å². The minimum absolute atomic E-state index is 0.0989. The van der Waals surface area contributed by atoms with E-state index in [0.29, 0.717) is 36.2 Å². The number of H-pyrrole nitrogens is 1. The van der Waals surface area contributed by atoms with Gasteiger partial charge in [-0.05, 0) is 56.0 Å². The van der Waals surface area contributed by atoms with Crippen LogP contribution in [0.2, 0.25) is 0 Å². The Bertz CT molecular complexity index is 1090. The number of amides is 1. The predicted octanol–water partition coefficient (Wildman–Crippen LogP) is 5.63. The summed E-state index contributed by atoms with van der Waals surface area (Å²) in [6.45, 7) is 0.512. The van der Waals surface area contributed by atoms with Crippen LogP contribution in [0.4, 0.5) is 23.7 Å². The molecule has 0 atom stereocenters. The van der Waals surface area contributed by atoms with Gasteiger partial charge in [0.15, 0.2) is 0 Å². The van der Waals surface area contributed by atoms with E-state index in [1.165, 1.54) is 6.07 Å². The number of aromatic amines is 1. The van der Waals surface area contributed by atoms with E-state index >= 15 is 0 Å². The van der Waals surface area contributed by atoms with Gasteiger partial charge in [-0.1, -0.05) is 18.2 Å². The maximum atomic E-state index is 12.9. The number of alkyl halides is 3. The second-order valence-corrected chi connectivity index (χ2v) is 8.10. The Hall–Kier alpha value is -3.03. The third kappa shape index (κ3) is 3.30. The molecule has 1 aromatic heterocycles. The first kappa shape index (κ1) is 19.0. The fourth-order valence-corrected chi connectivity index (χ4v) is 4.50. The Morgan fingerprint density at radius 2 is 1.83 bits per heavy atom. The molecule has 5 nitrogen and oxygen atoms in total. The highest BCUT2D eigenvalue weighted by atomic mass is 19.4. The molecule has 1 saturated carbocycles. The number of anilines is 1. The standard InChI is InChI=1S/C22H20F3N3O2/c23-22(24,25)15-6-7-17-18(12-15)27-19(26-17)14-8-10-21(11-9-14)13-28(20(29)30-21)16-4-2-1-3-5-16/h1-7,12,14H,8-11,13H2,(H,26,27)/t14-,21-. The van der Waals surface area contributed by atoms with Gasteiger partial charge in [-0.25, -0.2) is 9.78 Å². The van der Waals surface area contributed by atoms with Crippen molar-refractivity contribution in [1.82, 2.24) is 9.97 Å². The highest BCUT2D eigenvalue weighted by Crippen LogP contribution is 2.43. The quantitative estimate of drug-likeness (QED) is 0.590. The highest BCUT2D eigenvalue weighted by Gasteiger charge is 2.48. The fourth-order valence-electron chi connectivity index (χ4n) is 4.50. The van der Waals surface area contributed by atoms with Crippen molar-refractivity contribution in [2.75, 3.05) is 11.4 Å². The van der Waals surface area contributed by atoms with Crippen LogP contribution in [0.3, 0.4) is 0 Å². The van der Waals surface area contributed by atoms with E-state index in [9.17, 15) is 18.0 Å². The zero-order valence-electron chi connectivity index (χ0n) is 16.1. The van der Waals surface area contributed by atoms with Gasteiger partial charge in [-0.2, -0.15) is 13.2 Å². The number of aromatic nitrogens is 2. The molecule has 2 heterocycles. The molecule has 2 aliphatic rings. The van der Waals surface area contributed by atoms with E-state index in [-0.39, 0.29) is 12.0 Å². The Kier molecular flexibility index (Phi) is 4.27. The summed E-state index contributed by atoms with van der Waals surface area (Å²) in [7, 11) is 0. The van der Waals surface area contributed by atoms with Crippen molar-refractivity contribution in [2.24, 2.45) is 0 Å². The molecule has 156 valence electrons. The molecule has 2 aromatic carbocycles. The molecular weight excluding hydrogens is 395 g/mol. The van der Waals surface area contributed by atoms with Gasteiger partial charge in [0, 0.05) is 11.6 Å². The molecule has 2 fully saturated rings. The SMILES string of the molecule is O=C1O[C@]2(CC[C@H](c3nc4cc(C(F)(F)F)ccc4[nH]3)CC2)CN1c1ccccc1. The number of nitrogens with one attached hydrogen (secondary N) is 1. The molecule has 1 aliphatic heterocycles. The summed E-state index contributed by atoms with van der Waals surface area (Å²) in [5, 5.41) is 0. The molecule has 1 spiro atoms. The summed E-state index contributed by atoms with van der Waals surface area (Å²) in [6.07, 6.45) is -1.83. The van der Waals surface area contributed by atoms with Crippen LogP contribution < -0.4 is 4.90 Å². The van der Waals surface area contributed by atoms with Gasteiger partial charge in [-0.15, -0.1) is 0 Å². The Morgan fingerprint density at radius 3 is 2.53 bits per heavy atom. The first-order valence-corrected chi connectivity index (χ1v) is 9.95. The summed E-state index contributed by atoms with van der Waals surface area (Å²) in [5.41, 5.74) is 0.524. The number of carbonyl (C=O) groups is 1. The average Bonchev–Trinajstić information content (AvgIpc) is 3.29. The minimum atomic E-state index is -4.39. The molecule has 1 aliphatic carbocycles. The van der Waals surface area contributed by atoms with E-state index in [4.69, 9.17) is 4.74 Å². The number of carbonyl (C=O) groups excluding carboxylic acids is 1. The van der Waals surface area contributed by atoms with Crippen molar-refractivity contribution in [2.45, 2.75) is 43.4 Å². The molecule has 8 heteroatoms. The largest absolute Gasteiger partial charge is 0.441 e. The van der Waals surface area contributed by atoms with Crippen LogP contribution in [-0.4, -0.2) is 28.2 Å². The maximum Gasteiger partial charge on any atom is 0.416 e. The van der Waals surface area contributed by atoms with Crippen molar-refractivity contribution >= 4 is 22.8 Å². The van der Waals surface area contributed by atoms with Crippen LogP contribution >= 0.6 is 0 Å². The van der Waals surface area contributed by atoms with Gasteiger partial charge in [0.05, 0.1) is 23.1 Å². The van der Waals surface area contributed by atoms with E-state index in [1.54, 1.807) is 4.90 Å². The number of hydrogen-bond acceptors (Lipinski definition) is 3. The third-order valence-electron chi connectivity index (χ3n) is 6.15. The molecular formula is C22H20F3N3O2. The van der Waals surface area contributed by atoms with Gasteiger partial charge in [-0.3, -0.25) is 4.90 Å². The first-order chi connectivity index (χ1) is 14.3. The van der Waals surface area contributed by atoms with Crippen molar-refractivity contribution in [3.05, 3.63) is 59.9 Å². The van der Waals surface area contributed by atoms with Crippen molar-refractivity contribution in [3.8, 4) is 0 Å². The number of benzene rings is 2. The molecule has 3 aromatic rings. The van der Waals surface area contributed by atoms with E-state index in [2.05, 4.69) is 9.97 Å². The molecule has 1 saturated heterocycles. The monoisotopic (exact) mass is 415 g/mol. The van der Waals surface area contributed by atoms with Crippen LogP contribution in [0.25, 0.3) is 11.0 Å². The second-order valence-electron chi connectivity index (χ2n) is 8.10. The van der Waals surface area contributed by atoms with E-state index in [1.807, 2.05) is 30.3 Å². The number of rotatable bonds is 2. The van der Waals surface area contributed by atoms with Gasteiger partial charge in [0.1, 0.15) is 11.4 Å². The number of para-hydroxylation sites is 1. The average molecular weight is 415 g/mol. The number of nitrogens with zero attached hydrogens (tertiary/aromatic N) is 2. The second kappa shape index (κ2) is 6.75. The molecule has 30 heavy (non-hydrogen) atoms. The van der Waals surface area contributed by atoms with Crippen LogP contribution in [-0.2, 0) is 10.9 Å². The summed E-state index contributed by atoms with van der Waals surface area (Å²) in [4.78, 5) is 21.7.